The van der Waals surface area contributed by atoms with E-state index in [4.69, 9.17) is 4.52 Å². The lowest BCUT2D eigenvalue weighted by atomic mass is 10.1. The molecule has 6 heteroatoms. The zero-order chi connectivity index (χ0) is 13.8. The number of nitrogens with one attached hydrogen (secondary N) is 2. The molecule has 104 valence electrons. The van der Waals surface area contributed by atoms with E-state index in [0.717, 1.165) is 31.5 Å². The van der Waals surface area contributed by atoms with Crippen molar-refractivity contribution in [2.24, 2.45) is 0 Å². The molecule has 0 radical (unpaired) electrons. The van der Waals surface area contributed by atoms with Crippen molar-refractivity contribution in [3.63, 3.8) is 0 Å². The molecule has 0 spiro atoms. The smallest absolute Gasteiger partial charge is 0.251 e. The lowest BCUT2D eigenvalue weighted by Gasteiger charge is -2.23. The first-order chi connectivity index (χ1) is 9.83. The van der Waals surface area contributed by atoms with E-state index in [1.165, 1.54) is 6.39 Å². The number of carbonyl (C=O) groups excluding carboxylic acids is 1. The molecule has 6 nitrogen and oxygen atoms in total. The minimum absolute atomic E-state index is 0.0432. The summed E-state index contributed by atoms with van der Waals surface area (Å²) < 4.78 is 4.70. The van der Waals surface area contributed by atoms with Crippen LogP contribution >= 0.6 is 0 Å². The number of benzene rings is 1. The van der Waals surface area contributed by atoms with Crippen LogP contribution in [0.5, 0.6) is 0 Å². The van der Waals surface area contributed by atoms with Crippen LogP contribution in [0.4, 0.5) is 0 Å². The number of hydrogen-bond acceptors (Lipinski definition) is 5. The van der Waals surface area contributed by atoms with Gasteiger partial charge >= 0.3 is 0 Å². The Labute approximate surface area is 116 Å². The average molecular weight is 272 g/mol. The average Bonchev–Trinajstić information content (AvgIpc) is 3.03. The molecule has 0 saturated carbocycles. The third-order valence-corrected chi connectivity index (χ3v) is 3.40. The predicted molar refractivity (Wildman–Crippen MR) is 73.1 cm³/mol. The quantitative estimate of drug-likeness (QED) is 0.878. The van der Waals surface area contributed by atoms with Crippen LogP contribution in [0.15, 0.2) is 35.2 Å². The third kappa shape index (κ3) is 2.85. The molecular weight excluding hydrogens is 256 g/mol. The standard InChI is InChI=1S/C14H16N4O2/c19-14(17-12-2-1-7-15-8-12)11-5-3-10(4-6-11)13-16-9-20-18-13/h3-6,9,12,15H,1-2,7-8H2,(H,17,19)/t12-/m0/s1. The van der Waals surface area contributed by atoms with E-state index < -0.39 is 0 Å². The number of nitrogens with zero attached hydrogens (tertiary/aromatic N) is 2. The van der Waals surface area contributed by atoms with Crippen molar-refractivity contribution in [2.75, 3.05) is 13.1 Å². The number of rotatable bonds is 3. The first-order valence-corrected chi connectivity index (χ1v) is 6.71. The van der Waals surface area contributed by atoms with Gasteiger partial charge in [0.15, 0.2) is 0 Å². The minimum atomic E-state index is -0.0432. The van der Waals surface area contributed by atoms with Crippen molar-refractivity contribution in [2.45, 2.75) is 18.9 Å². The molecule has 2 N–H and O–H groups in total. The number of carbonyl (C=O) groups is 1. The van der Waals surface area contributed by atoms with Gasteiger partial charge < -0.3 is 15.2 Å². The Hall–Kier alpha value is -2.21. The third-order valence-electron chi connectivity index (χ3n) is 3.40. The molecule has 1 atom stereocenters. The van der Waals surface area contributed by atoms with Crippen molar-refractivity contribution >= 4 is 5.91 Å². The molecule has 1 fully saturated rings. The summed E-state index contributed by atoms with van der Waals surface area (Å²) in [6.45, 7) is 1.87. The van der Waals surface area contributed by atoms with Crippen LogP contribution in [0, 0.1) is 0 Å². The Kier molecular flexibility index (Phi) is 3.73. The van der Waals surface area contributed by atoms with Crippen molar-refractivity contribution in [1.82, 2.24) is 20.8 Å². The molecule has 20 heavy (non-hydrogen) atoms. The molecule has 3 rings (SSSR count). The topological polar surface area (TPSA) is 80.0 Å². The largest absolute Gasteiger partial charge is 0.348 e. The van der Waals surface area contributed by atoms with E-state index in [-0.39, 0.29) is 11.9 Å². The van der Waals surface area contributed by atoms with Gasteiger partial charge in [-0.2, -0.15) is 4.98 Å². The van der Waals surface area contributed by atoms with Crippen LogP contribution in [0.1, 0.15) is 23.2 Å². The Morgan fingerprint density at radius 2 is 2.20 bits per heavy atom. The maximum Gasteiger partial charge on any atom is 0.251 e. The van der Waals surface area contributed by atoms with Crippen molar-refractivity contribution in [3.05, 3.63) is 36.2 Å². The maximum atomic E-state index is 12.1. The second kappa shape index (κ2) is 5.83. The lowest BCUT2D eigenvalue weighted by molar-refractivity contribution is 0.0930. The monoisotopic (exact) mass is 272 g/mol. The number of aromatic nitrogens is 2. The highest BCUT2D eigenvalue weighted by Crippen LogP contribution is 2.15. The Morgan fingerprint density at radius 3 is 2.85 bits per heavy atom. The normalized spacial score (nSPS) is 18.7. The van der Waals surface area contributed by atoms with Crippen LogP contribution < -0.4 is 10.6 Å². The van der Waals surface area contributed by atoms with E-state index in [2.05, 4.69) is 20.8 Å². The molecule has 1 aromatic carbocycles. The summed E-state index contributed by atoms with van der Waals surface area (Å²) in [6.07, 6.45) is 3.41. The molecule has 1 amide bonds. The second-order valence-corrected chi connectivity index (χ2v) is 4.85. The van der Waals surface area contributed by atoms with Gasteiger partial charge in [-0.3, -0.25) is 4.79 Å². The summed E-state index contributed by atoms with van der Waals surface area (Å²) >= 11 is 0. The molecule has 1 aromatic heterocycles. The molecule has 0 bridgehead atoms. The highest BCUT2D eigenvalue weighted by atomic mass is 16.5. The van der Waals surface area contributed by atoms with Gasteiger partial charge in [-0.25, -0.2) is 0 Å². The summed E-state index contributed by atoms with van der Waals surface area (Å²) in [4.78, 5) is 16.1. The molecule has 0 aliphatic carbocycles. The van der Waals surface area contributed by atoms with Crippen LogP contribution in [-0.4, -0.2) is 35.2 Å². The maximum absolute atomic E-state index is 12.1. The van der Waals surface area contributed by atoms with Gasteiger partial charge in [-0.15, -0.1) is 0 Å². The van der Waals surface area contributed by atoms with Crippen molar-refractivity contribution in [3.8, 4) is 11.4 Å². The fourth-order valence-corrected chi connectivity index (χ4v) is 2.31. The predicted octanol–water partition coefficient (Wildman–Crippen LogP) is 1.22. The second-order valence-electron chi connectivity index (χ2n) is 4.85. The summed E-state index contributed by atoms with van der Waals surface area (Å²) in [7, 11) is 0. The van der Waals surface area contributed by atoms with E-state index in [0.29, 0.717) is 11.4 Å². The lowest BCUT2D eigenvalue weighted by Crippen LogP contribution is -2.45. The number of piperidine rings is 1. The first kappa shape index (κ1) is 12.8. The van der Waals surface area contributed by atoms with Gasteiger partial charge in [0.1, 0.15) is 0 Å². The molecule has 1 aliphatic rings. The van der Waals surface area contributed by atoms with Gasteiger partial charge in [-0.05, 0) is 31.5 Å². The Morgan fingerprint density at radius 1 is 1.35 bits per heavy atom. The number of hydrogen-bond donors (Lipinski definition) is 2. The van der Waals surface area contributed by atoms with Gasteiger partial charge in [0.05, 0.1) is 0 Å². The zero-order valence-electron chi connectivity index (χ0n) is 11.0. The fraction of sp³-hybridized carbons (Fsp3) is 0.357. The first-order valence-electron chi connectivity index (χ1n) is 6.71. The number of amides is 1. The van der Waals surface area contributed by atoms with Gasteiger partial charge in [0.2, 0.25) is 12.2 Å². The highest BCUT2D eigenvalue weighted by molar-refractivity contribution is 5.94. The van der Waals surface area contributed by atoms with Gasteiger partial charge in [-0.1, -0.05) is 17.3 Å². The summed E-state index contributed by atoms with van der Waals surface area (Å²) in [5.74, 6) is 0.479. The van der Waals surface area contributed by atoms with Crippen molar-refractivity contribution in [1.29, 1.82) is 0 Å². The van der Waals surface area contributed by atoms with E-state index in [1.54, 1.807) is 12.1 Å². The summed E-state index contributed by atoms with van der Waals surface area (Å²) in [5.41, 5.74) is 1.47. The minimum Gasteiger partial charge on any atom is -0.348 e. The van der Waals surface area contributed by atoms with Gasteiger partial charge in [0.25, 0.3) is 5.91 Å². The Bertz CT molecular complexity index is 559. The van der Waals surface area contributed by atoms with E-state index in [9.17, 15) is 4.79 Å². The van der Waals surface area contributed by atoms with Crippen LogP contribution in [-0.2, 0) is 0 Å². The van der Waals surface area contributed by atoms with Crippen molar-refractivity contribution < 1.29 is 9.32 Å². The van der Waals surface area contributed by atoms with Crippen LogP contribution in [0.25, 0.3) is 11.4 Å². The molecule has 1 saturated heterocycles. The fourth-order valence-electron chi connectivity index (χ4n) is 2.31. The molecular formula is C14H16N4O2. The summed E-state index contributed by atoms with van der Waals surface area (Å²) in [6, 6.07) is 7.40. The zero-order valence-corrected chi connectivity index (χ0v) is 11.0. The van der Waals surface area contributed by atoms with Crippen LogP contribution in [0.2, 0.25) is 0 Å². The van der Waals surface area contributed by atoms with E-state index >= 15 is 0 Å². The molecule has 2 aromatic rings. The molecule has 1 aliphatic heterocycles. The SMILES string of the molecule is O=C(N[C@H]1CCCNC1)c1ccc(-c2ncon2)cc1. The van der Waals surface area contributed by atoms with Gasteiger partial charge in [0, 0.05) is 23.7 Å². The molecule has 2 heterocycles. The summed E-state index contributed by atoms with van der Waals surface area (Å²) in [5, 5.41) is 10.1. The molecule has 0 unspecified atom stereocenters. The highest BCUT2D eigenvalue weighted by Gasteiger charge is 2.16. The van der Waals surface area contributed by atoms with Crippen LogP contribution in [0.3, 0.4) is 0 Å². The van der Waals surface area contributed by atoms with E-state index in [1.807, 2.05) is 12.1 Å². The Balaban J connectivity index is 1.66.